The molecule has 1 atom stereocenters. The van der Waals surface area contributed by atoms with Gasteiger partial charge in [-0.2, -0.15) is 0 Å². The summed E-state index contributed by atoms with van der Waals surface area (Å²) in [6.45, 7) is 11.8. The van der Waals surface area contributed by atoms with Crippen LogP contribution in [0.5, 0.6) is 0 Å². The summed E-state index contributed by atoms with van der Waals surface area (Å²) < 4.78 is 0. The molecule has 0 aromatic carbocycles. The van der Waals surface area contributed by atoms with Crippen LogP contribution >= 0.6 is 0 Å². The normalized spacial score (nSPS) is 14.6. The summed E-state index contributed by atoms with van der Waals surface area (Å²) in [5.41, 5.74) is 0.400. The summed E-state index contributed by atoms with van der Waals surface area (Å²) in [6.07, 6.45) is 6.15. The van der Waals surface area contributed by atoms with Gasteiger partial charge in [0.05, 0.1) is 0 Å². The third-order valence-electron chi connectivity index (χ3n) is 2.83. The van der Waals surface area contributed by atoms with E-state index < -0.39 is 0 Å². The fraction of sp³-hybridized carbons (Fsp3) is 1.00. The van der Waals surface area contributed by atoms with Gasteiger partial charge in [-0.15, -0.1) is 0 Å². The minimum atomic E-state index is 0.350. The van der Waals surface area contributed by atoms with Gasteiger partial charge in [-0.3, -0.25) is 0 Å². The molecule has 0 saturated carbocycles. The number of aliphatic hydroxyl groups excluding tert-OH is 1. The van der Waals surface area contributed by atoms with Crippen LogP contribution in [0.1, 0.15) is 66.7 Å². The van der Waals surface area contributed by atoms with Crippen molar-refractivity contribution < 1.29 is 5.11 Å². The lowest BCUT2D eigenvalue weighted by Crippen LogP contribution is -2.14. The molecule has 1 nitrogen and oxygen atoms in total. The predicted octanol–water partition coefficient (Wildman–Crippen LogP) is 4.25. The Morgan fingerprint density at radius 2 is 1.60 bits per heavy atom. The maximum absolute atomic E-state index is 9.04. The molecule has 0 fully saturated rings. The summed E-state index contributed by atoms with van der Waals surface area (Å²) >= 11 is 0. The number of hydrogen-bond acceptors (Lipinski definition) is 1. The van der Waals surface area contributed by atoms with Gasteiger partial charge in [0.25, 0.3) is 0 Å². The van der Waals surface area contributed by atoms with Gasteiger partial charge in [0, 0.05) is 6.61 Å². The van der Waals surface area contributed by atoms with Gasteiger partial charge in [0.15, 0.2) is 0 Å². The van der Waals surface area contributed by atoms with Crippen molar-refractivity contribution in [2.24, 2.45) is 17.3 Å². The Hall–Kier alpha value is -0.0400. The third-order valence-corrected chi connectivity index (χ3v) is 2.83. The molecule has 0 radical (unpaired) electrons. The molecule has 1 heteroatoms. The Bertz CT molecular complexity index is 144. The molecule has 15 heavy (non-hydrogen) atoms. The zero-order chi connectivity index (χ0) is 11.9. The smallest absolute Gasteiger partial charge is 0.0433 e. The molecule has 0 aromatic rings. The molecule has 0 unspecified atom stereocenters. The zero-order valence-corrected chi connectivity index (χ0v) is 11.3. The summed E-state index contributed by atoms with van der Waals surface area (Å²) in [6, 6.07) is 0. The van der Waals surface area contributed by atoms with Crippen molar-refractivity contribution in [1.29, 1.82) is 0 Å². The monoisotopic (exact) mass is 214 g/mol. The minimum Gasteiger partial charge on any atom is -0.396 e. The summed E-state index contributed by atoms with van der Waals surface area (Å²) in [7, 11) is 0. The fourth-order valence-electron chi connectivity index (χ4n) is 2.21. The molecule has 0 amide bonds. The van der Waals surface area contributed by atoms with E-state index in [0.29, 0.717) is 17.9 Å². The van der Waals surface area contributed by atoms with Crippen molar-refractivity contribution >= 4 is 0 Å². The lowest BCUT2D eigenvalue weighted by Gasteiger charge is -2.25. The van der Waals surface area contributed by atoms with Crippen molar-refractivity contribution in [2.75, 3.05) is 6.61 Å². The van der Waals surface area contributed by atoms with Crippen molar-refractivity contribution in [3.05, 3.63) is 0 Å². The van der Waals surface area contributed by atoms with Crippen molar-refractivity contribution in [3.8, 4) is 0 Å². The second-order valence-corrected chi connectivity index (χ2v) is 6.47. The highest BCUT2D eigenvalue weighted by molar-refractivity contribution is 4.69. The van der Waals surface area contributed by atoms with Gasteiger partial charge in [-0.05, 0) is 30.1 Å². The van der Waals surface area contributed by atoms with E-state index in [1.807, 2.05) is 0 Å². The average molecular weight is 214 g/mol. The SMILES string of the molecule is CC(C)CCC[C@H](CCO)CC(C)(C)C. The van der Waals surface area contributed by atoms with Crippen LogP contribution in [0.25, 0.3) is 0 Å². The lowest BCUT2D eigenvalue weighted by molar-refractivity contribution is 0.206. The van der Waals surface area contributed by atoms with E-state index in [1.165, 1.54) is 25.7 Å². The highest BCUT2D eigenvalue weighted by Crippen LogP contribution is 2.29. The molecule has 0 spiro atoms. The number of rotatable bonds is 7. The molecular formula is C14H30O. The minimum absolute atomic E-state index is 0.350. The highest BCUT2D eigenvalue weighted by Gasteiger charge is 2.18. The van der Waals surface area contributed by atoms with Gasteiger partial charge in [-0.25, -0.2) is 0 Å². The molecule has 0 saturated heterocycles. The predicted molar refractivity (Wildman–Crippen MR) is 68.0 cm³/mol. The first-order valence-corrected chi connectivity index (χ1v) is 6.46. The average Bonchev–Trinajstić information content (AvgIpc) is 2.00. The van der Waals surface area contributed by atoms with Crippen LogP contribution in [0.4, 0.5) is 0 Å². The van der Waals surface area contributed by atoms with E-state index in [2.05, 4.69) is 34.6 Å². The van der Waals surface area contributed by atoms with Crippen molar-refractivity contribution in [2.45, 2.75) is 66.7 Å². The zero-order valence-electron chi connectivity index (χ0n) is 11.3. The standard InChI is InChI=1S/C14H30O/c1-12(2)7-6-8-13(9-10-15)11-14(3,4)5/h12-13,15H,6-11H2,1-5H3/t13-/m1/s1. The van der Waals surface area contributed by atoms with Gasteiger partial charge in [-0.1, -0.05) is 53.9 Å². The Balaban J connectivity index is 3.83. The van der Waals surface area contributed by atoms with Crippen LogP contribution < -0.4 is 0 Å². The van der Waals surface area contributed by atoms with E-state index >= 15 is 0 Å². The molecule has 92 valence electrons. The topological polar surface area (TPSA) is 20.2 Å². The molecule has 0 aliphatic heterocycles. The van der Waals surface area contributed by atoms with E-state index in [0.717, 1.165) is 12.3 Å². The van der Waals surface area contributed by atoms with Crippen molar-refractivity contribution in [1.82, 2.24) is 0 Å². The van der Waals surface area contributed by atoms with Gasteiger partial charge in [0.2, 0.25) is 0 Å². The number of aliphatic hydroxyl groups is 1. The molecule has 0 bridgehead atoms. The van der Waals surface area contributed by atoms with Crippen LogP contribution in [-0.4, -0.2) is 11.7 Å². The van der Waals surface area contributed by atoms with Gasteiger partial charge in [0.1, 0.15) is 0 Å². The molecular weight excluding hydrogens is 184 g/mol. The first-order chi connectivity index (χ1) is 6.85. The van der Waals surface area contributed by atoms with E-state index in [-0.39, 0.29) is 0 Å². The highest BCUT2D eigenvalue weighted by atomic mass is 16.3. The van der Waals surface area contributed by atoms with Crippen LogP contribution in [0, 0.1) is 17.3 Å². The Labute approximate surface area is 96.3 Å². The third kappa shape index (κ3) is 10.2. The molecule has 0 aliphatic rings. The van der Waals surface area contributed by atoms with Crippen LogP contribution in [-0.2, 0) is 0 Å². The Kier molecular flexibility index (Phi) is 7.25. The number of hydrogen-bond donors (Lipinski definition) is 1. The molecule has 0 rings (SSSR count). The van der Waals surface area contributed by atoms with Gasteiger partial charge >= 0.3 is 0 Å². The van der Waals surface area contributed by atoms with Crippen LogP contribution in [0.2, 0.25) is 0 Å². The largest absolute Gasteiger partial charge is 0.396 e. The maximum atomic E-state index is 9.04. The molecule has 0 heterocycles. The first kappa shape index (κ1) is 15.0. The molecule has 1 N–H and O–H groups in total. The summed E-state index contributed by atoms with van der Waals surface area (Å²) in [5, 5.41) is 9.04. The van der Waals surface area contributed by atoms with Gasteiger partial charge < -0.3 is 5.11 Å². The fourth-order valence-corrected chi connectivity index (χ4v) is 2.21. The quantitative estimate of drug-likeness (QED) is 0.672. The Morgan fingerprint density at radius 3 is 2.00 bits per heavy atom. The van der Waals surface area contributed by atoms with E-state index in [9.17, 15) is 0 Å². The van der Waals surface area contributed by atoms with Crippen LogP contribution in [0.15, 0.2) is 0 Å². The summed E-state index contributed by atoms with van der Waals surface area (Å²) in [5.74, 6) is 1.53. The van der Waals surface area contributed by atoms with E-state index in [4.69, 9.17) is 5.11 Å². The van der Waals surface area contributed by atoms with E-state index in [1.54, 1.807) is 0 Å². The van der Waals surface area contributed by atoms with Crippen LogP contribution in [0.3, 0.4) is 0 Å². The van der Waals surface area contributed by atoms with Crippen molar-refractivity contribution in [3.63, 3.8) is 0 Å². The molecule has 0 aliphatic carbocycles. The maximum Gasteiger partial charge on any atom is 0.0433 e. The Morgan fingerprint density at radius 1 is 1.00 bits per heavy atom. The molecule has 0 aromatic heterocycles. The summed E-state index contributed by atoms with van der Waals surface area (Å²) in [4.78, 5) is 0. The first-order valence-electron chi connectivity index (χ1n) is 6.46. The second-order valence-electron chi connectivity index (χ2n) is 6.47. The second kappa shape index (κ2) is 7.27. The lowest BCUT2D eigenvalue weighted by atomic mass is 9.81.